The summed E-state index contributed by atoms with van der Waals surface area (Å²) in [7, 11) is -6.95. The molecule has 10 heteroatoms. The van der Waals surface area contributed by atoms with Gasteiger partial charge in [-0.1, -0.05) is 62.3 Å². The van der Waals surface area contributed by atoms with Crippen LogP contribution >= 0.6 is 0 Å². The minimum Gasteiger partial charge on any atom is -0.463 e. The fourth-order valence-corrected chi connectivity index (χ4v) is 7.09. The molecule has 0 radical (unpaired) electrons. The predicted molar refractivity (Wildman–Crippen MR) is 154 cm³/mol. The Bertz CT molecular complexity index is 748. The zero-order chi connectivity index (χ0) is 28.7. The molecule has 1 aliphatic rings. The van der Waals surface area contributed by atoms with Crippen molar-refractivity contribution in [2.75, 3.05) is 6.61 Å². The van der Waals surface area contributed by atoms with Gasteiger partial charge in [-0.25, -0.2) is 0 Å². The normalized spacial score (nSPS) is 27.2. The van der Waals surface area contributed by atoms with Crippen LogP contribution in [0.25, 0.3) is 0 Å². The molecular formula is C26H56O7Si3. The maximum atomic E-state index is 11.7. The Kier molecular flexibility index (Phi) is 10.6. The van der Waals surface area contributed by atoms with E-state index >= 15 is 0 Å². The van der Waals surface area contributed by atoms with Crippen LogP contribution < -0.4 is 0 Å². The summed E-state index contributed by atoms with van der Waals surface area (Å²) in [4.78, 5) is 11.7. The molecule has 0 aromatic carbocycles. The van der Waals surface area contributed by atoms with Crippen LogP contribution in [0.2, 0.25) is 54.4 Å². The molecule has 0 aromatic heterocycles. The molecule has 1 fully saturated rings. The zero-order valence-corrected chi connectivity index (χ0v) is 29.0. The maximum absolute atomic E-state index is 11.7. The first kappa shape index (κ1) is 33.9. The minimum atomic E-state index is -2.33. The average molecular weight is 565 g/mol. The van der Waals surface area contributed by atoms with Crippen LogP contribution in [0.4, 0.5) is 0 Å². The lowest BCUT2D eigenvalue weighted by atomic mass is 9.99. The van der Waals surface area contributed by atoms with Gasteiger partial charge in [0.2, 0.25) is 0 Å². The lowest BCUT2D eigenvalue weighted by Gasteiger charge is -2.53. The Morgan fingerprint density at radius 1 is 0.694 bits per heavy atom. The Balaban J connectivity index is 3.68. The number of ether oxygens (including phenoxy) is 2. The molecule has 1 N–H and O–H groups in total. The highest BCUT2D eigenvalue weighted by molar-refractivity contribution is 6.75. The van der Waals surface area contributed by atoms with Crippen molar-refractivity contribution in [3.8, 4) is 0 Å². The zero-order valence-electron chi connectivity index (χ0n) is 26.0. The molecule has 36 heavy (non-hydrogen) atoms. The summed E-state index contributed by atoms with van der Waals surface area (Å²) in [5.41, 5.74) is 0. The largest absolute Gasteiger partial charge is 0.463 e. The predicted octanol–water partition coefficient (Wildman–Crippen LogP) is 6.44. The van der Waals surface area contributed by atoms with E-state index in [-0.39, 0.29) is 21.7 Å². The van der Waals surface area contributed by atoms with Gasteiger partial charge < -0.3 is 27.9 Å². The van der Waals surface area contributed by atoms with Gasteiger partial charge in [0.1, 0.15) is 31.0 Å². The third-order valence-electron chi connectivity index (χ3n) is 8.77. The van der Waals surface area contributed by atoms with E-state index in [0.29, 0.717) is 0 Å². The fourth-order valence-electron chi connectivity index (χ4n) is 3.18. The molecule has 7 nitrogen and oxygen atoms in total. The lowest BCUT2D eigenvalue weighted by molar-refractivity contribution is -0.278. The SMILES string of the molecule is CC(=O)OCC1OC(O)C(O[Si](C)(C)C(C)(C)C)C(O[Si](C)(C)C(C)(C)C)C1O[Si](C)(C)C(C)(C)C. The van der Waals surface area contributed by atoms with Crippen LogP contribution in [0, 0.1) is 0 Å². The van der Waals surface area contributed by atoms with Crippen molar-refractivity contribution >= 4 is 30.9 Å². The molecule has 0 amide bonds. The Hall–Kier alpha value is -0.0794. The molecule has 0 saturated carbocycles. The van der Waals surface area contributed by atoms with Crippen LogP contribution in [0.15, 0.2) is 0 Å². The summed E-state index contributed by atoms with van der Waals surface area (Å²) < 4.78 is 32.3. The van der Waals surface area contributed by atoms with E-state index in [4.69, 9.17) is 22.8 Å². The topological polar surface area (TPSA) is 83.5 Å². The number of esters is 1. The van der Waals surface area contributed by atoms with Gasteiger partial charge in [-0.05, 0) is 54.4 Å². The number of aliphatic hydroxyl groups excluding tert-OH is 1. The van der Waals surface area contributed by atoms with E-state index < -0.39 is 61.6 Å². The van der Waals surface area contributed by atoms with Crippen LogP contribution in [0.5, 0.6) is 0 Å². The van der Waals surface area contributed by atoms with E-state index in [1.165, 1.54) is 6.92 Å². The van der Waals surface area contributed by atoms with E-state index in [0.717, 1.165) is 0 Å². The molecule has 5 unspecified atom stereocenters. The van der Waals surface area contributed by atoms with Crippen molar-refractivity contribution < 1.29 is 32.7 Å². The maximum Gasteiger partial charge on any atom is 0.302 e. The van der Waals surface area contributed by atoms with Gasteiger partial charge >= 0.3 is 5.97 Å². The molecule has 1 rings (SSSR count). The van der Waals surface area contributed by atoms with Gasteiger partial charge in [-0.15, -0.1) is 0 Å². The van der Waals surface area contributed by atoms with Gasteiger partial charge in [0.25, 0.3) is 0 Å². The molecule has 0 spiro atoms. The number of hydrogen-bond acceptors (Lipinski definition) is 7. The molecular weight excluding hydrogens is 509 g/mol. The number of carbonyl (C=O) groups is 1. The summed E-state index contributed by atoms with van der Waals surface area (Å²) in [5.74, 6) is -0.402. The summed E-state index contributed by atoms with van der Waals surface area (Å²) in [5, 5.41) is 11.1. The second-order valence-electron chi connectivity index (χ2n) is 14.9. The van der Waals surface area contributed by atoms with Crippen LogP contribution in [0.1, 0.15) is 69.2 Å². The second kappa shape index (κ2) is 11.2. The highest BCUT2D eigenvalue weighted by Gasteiger charge is 2.56. The van der Waals surface area contributed by atoms with Gasteiger partial charge in [-0.2, -0.15) is 0 Å². The third kappa shape index (κ3) is 8.21. The number of carbonyl (C=O) groups excluding carboxylic acids is 1. The number of hydrogen-bond donors (Lipinski definition) is 1. The second-order valence-corrected chi connectivity index (χ2v) is 29.2. The molecule has 0 aromatic rings. The Labute approximate surface area is 224 Å². The smallest absolute Gasteiger partial charge is 0.302 e. The standard InChI is InChI=1S/C26H56O7Si3/c1-18(27)29-17-19-20(31-34(11,12)24(2,3)4)21(32-35(13,14)25(5,6)7)22(23(28)30-19)33-36(15,16)26(8,9)10/h19-23,28H,17H2,1-16H3. The van der Waals surface area contributed by atoms with Crippen molar-refractivity contribution in [1.29, 1.82) is 0 Å². The first-order valence-electron chi connectivity index (χ1n) is 13.2. The van der Waals surface area contributed by atoms with E-state index in [1.54, 1.807) is 0 Å². The van der Waals surface area contributed by atoms with Crippen molar-refractivity contribution in [3.63, 3.8) is 0 Å². The van der Waals surface area contributed by atoms with Crippen molar-refractivity contribution in [3.05, 3.63) is 0 Å². The Morgan fingerprint density at radius 3 is 1.36 bits per heavy atom. The van der Waals surface area contributed by atoms with Gasteiger partial charge in [-0.3, -0.25) is 4.79 Å². The molecule has 0 aliphatic carbocycles. The van der Waals surface area contributed by atoms with Crippen LogP contribution in [0.3, 0.4) is 0 Å². The lowest BCUT2D eigenvalue weighted by Crippen LogP contribution is -2.68. The van der Waals surface area contributed by atoms with Gasteiger partial charge in [0.15, 0.2) is 31.2 Å². The van der Waals surface area contributed by atoms with E-state index in [2.05, 4.69) is 102 Å². The van der Waals surface area contributed by atoms with Crippen molar-refractivity contribution in [1.82, 2.24) is 0 Å². The van der Waals surface area contributed by atoms with E-state index in [1.807, 2.05) is 0 Å². The summed E-state index contributed by atoms with van der Waals surface area (Å²) in [6.07, 6.45) is -3.75. The van der Waals surface area contributed by atoms with Gasteiger partial charge in [0.05, 0.1) is 0 Å². The minimum absolute atomic E-state index is 0.0180. The molecule has 1 aliphatic heterocycles. The van der Waals surface area contributed by atoms with Crippen LogP contribution in [-0.2, 0) is 27.5 Å². The molecule has 1 saturated heterocycles. The quantitative estimate of drug-likeness (QED) is 0.268. The number of rotatable bonds is 8. The number of aliphatic hydroxyl groups is 1. The first-order valence-corrected chi connectivity index (χ1v) is 22.0. The average Bonchev–Trinajstić information content (AvgIpc) is 2.62. The van der Waals surface area contributed by atoms with Crippen molar-refractivity contribution in [2.24, 2.45) is 0 Å². The fraction of sp³-hybridized carbons (Fsp3) is 0.962. The molecule has 214 valence electrons. The summed E-state index contributed by atoms with van der Waals surface area (Å²) in [6, 6.07) is 0. The van der Waals surface area contributed by atoms with Gasteiger partial charge in [0, 0.05) is 6.92 Å². The molecule has 0 bridgehead atoms. The molecule has 5 atom stereocenters. The highest BCUT2D eigenvalue weighted by atomic mass is 28.4. The first-order chi connectivity index (χ1) is 15.7. The Morgan fingerprint density at radius 2 is 1.03 bits per heavy atom. The monoisotopic (exact) mass is 564 g/mol. The van der Waals surface area contributed by atoms with Crippen molar-refractivity contribution in [2.45, 2.75) is 154 Å². The summed E-state index contributed by atoms with van der Waals surface area (Å²) >= 11 is 0. The highest BCUT2D eigenvalue weighted by Crippen LogP contribution is 2.45. The van der Waals surface area contributed by atoms with E-state index in [9.17, 15) is 9.90 Å². The third-order valence-corrected chi connectivity index (χ3v) is 22.2. The van der Waals surface area contributed by atoms with Crippen LogP contribution in [-0.4, -0.2) is 73.3 Å². The molecule has 1 heterocycles. The summed E-state index contributed by atoms with van der Waals surface area (Å²) in [6.45, 7) is 34.1.